The summed E-state index contributed by atoms with van der Waals surface area (Å²) in [5.74, 6) is 0.825. The Morgan fingerprint density at radius 2 is 1.75 bits per heavy atom. The van der Waals surface area contributed by atoms with Crippen LogP contribution in [0.1, 0.15) is 38.5 Å². The highest BCUT2D eigenvalue weighted by atomic mass is 32.2. The van der Waals surface area contributed by atoms with Gasteiger partial charge in [0.25, 0.3) is 0 Å². The first-order chi connectivity index (χ1) is 7.48. The van der Waals surface area contributed by atoms with Gasteiger partial charge in [0.05, 0.1) is 5.25 Å². The van der Waals surface area contributed by atoms with Crippen molar-refractivity contribution in [3.63, 3.8) is 0 Å². The highest BCUT2D eigenvalue weighted by Gasteiger charge is 2.37. The molecule has 0 spiro atoms. The minimum Gasteiger partial charge on any atom is -0.302 e. The van der Waals surface area contributed by atoms with Crippen molar-refractivity contribution in [3.8, 4) is 0 Å². The predicted octanol–water partition coefficient (Wildman–Crippen LogP) is 1.68. The van der Waals surface area contributed by atoms with E-state index in [1.807, 2.05) is 0 Å². The molecule has 0 bridgehead atoms. The molecule has 16 heavy (non-hydrogen) atoms. The second-order valence-corrected chi connectivity index (χ2v) is 7.87. The van der Waals surface area contributed by atoms with Crippen LogP contribution in [0.2, 0.25) is 0 Å². The van der Waals surface area contributed by atoms with Gasteiger partial charge in [-0.3, -0.25) is 0 Å². The number of sulfone groups is 1. The maximum absolute atomic E-state index is 11.7. The first-order valence-electron chi connectivity index (χ1n) is 6.37. The van der Waals surface area contributed by atoms with Crippen molar-refractivity contribution < 1.29 is 8.42 Å². The molecule has 2 aliphatic rings. The molecule has 0 heterocycles. The van der Waals surface area contributed by atoms with E-state index in [2.05, 4.69) is 11.9 Å². The van der Waals surface area contributed by atoms with Gasteiger partial charge >= 0.3 is 0 Å². The first kappa shape index (κ1) is 12.4. The van der Waals surface area contributed by atoms with Gasteiger partial charge in [-0.25, -0.2) is 8.42 Å². The van der Waals surface area contributed by atoms with Crippen molar-refractivity contribution in [1.82, 2.24) is 4.90 Å². The van der Waals surface area contributed by atoms with Crippen molar-refractivity contribution in [2.75, 3.05) is 19.8 Å². The van der Waals surface area contributed by atoms with Crippen LogP contribution in [0, 0.1) is 5.92 Å². The van der Waals surface area contributed by atoms with E-state index in [-0.39, 0.29) is 11.3 Å². The lowest BCUT2D eigenvalue weighted by atomic mass is 9.85. The van der Waals surface area contributed by atoms with Crippen molar-refractivity contribution in [3.05, 3.63) is 0 Å². The Bertz CT molecular complexity index is 335. The molecule has 94 valence electrons. The molecule has 0 aromatic carbocycles. The maximum Gasteiger partial charge on any atom is 0.151 e. The van der Waals surface area contributed by atoms with Crippen LogP contribution in [0.15, 0.2) is 0 Å². The molecule has 2 fully saturated rings. The van der Waals surface area contributed by atoms with E-state index >= 15 is 0 Å². The molecule has 2 rings (SSSR count). The zero-order valence-electron chi connectivity index (χ0n) is 10.4. The molecule has 2 saturated carbocycles. The fourth-order valence-electron chi connectivity index (χ4n) is 3.13. The van der Waals surface area contributed by atoms with E-state index in [9.17, 15) is 8.42 Å². The van der Waals surface area contributed by atoms with Gasteiger partial charge in [-0.05, 0) is 38.6 Å². The van der Waals surface area contributed by atoms with Crippen LogP contribution in [0.5, 0.6) is 0 Å². The SMILES string of the molecule is CN(CC1CCC1)[C@H]1CCC[C@H]1S(C)(=O)=O. The van der Waals surface area contributed by atoms with E-state index in [1.54, 1.807) is 0 Å². The third-order valence-electron chi connectivity index (χ3n) is 4.30. The average Bonchev–Trinajstić information content (AvgIpc) is 2.58. The molecule has 0 aromatic rings. The summed E-state index contributed by atoms with van der Waals surface area (Å²) in [6.07, 6.45) is 8.41. The Balaban J connectivity index is 1.96. The zero-order valence-corrected chi connectivity index (χ0v) is 11.2. The van der Waals surface area contributed by atoms with Crippen molar-refractivity contribution in [2.45, 2.75) is 49.8 Å². The Hall–Kier alpha value is -0.0900. The lowest BCUT2D eigenvalue weighted by Crippen LogP contribution is -2.44. The minimum absolute atomic E-state index is 0.113. The van der Waals surface area contributed by atoms with Crippen molar-refractivity contribution >= 4 is 9.84 Å². The molecule has 0 unspecified atom stereocenters. The van der Waals surface area contributed by atoms with Gasteiger partial charge in [-0.15, -0.1) is 0 Å². The maximum atomic E-state index is 11.7. The molecule has 2 aliphatic carbocycles. The van der Waals surface area contributed by atoms with Gasteiger partial charge in [0.15, 0.2) is 9.84 Å². The van der Waals surface area contributed by atoms with Gasteiger partial charge in [0.1, 0.15) is 0 Å². The standard InChI is InChI=1S/C12H23NO2S/c1-13(9-10-5-3-6-10)11-7-4-8-12(11)16(2,14)15/h10-12H,3-9H2,1-2H3/t11-,12+/m0/s1. The molecule has 0 saturated heterocycles. The van der Waals surface area contributed by atoms with Gasteiger partial charge in [-0.2, -0.15) is 0 Å². The molecular formula is C12H23NO2S. The number of hydrogen-bond donors (Lipinski definition) is 0. The topological polar surface area (TPSA) is 37.4 Å². The highest BCUT2D eigenvalue weighted by Crippen LogP contribution is 2.32. The fourth-order valence-corrected chi connectivity index (χ4v) is 4.64. The quantitative estimate of drug-likeness (QED) is 0.756. The summed E-state index contributed by atoms with van der Waals surface area (Å²) in [6, 6.07) is 0.274. The average molecular weight is 245 g/mol. The highest BCUT2D eigenvalue weighted by molar-refractivity contribution is 7.91. The Morgan fingerprint density at radius 3 is 2.25 bits per heavy atom. The third kappa shape index (κ3) is 2.59. The third-order valence-corrected chi connectivity index (χ3v) is 5.95. The van der Waals surface area contributed by atoms with Gasteiger partial charge in [-0.1, -0.05) is 12.8 Å². The molecule has 0 radical (unpaired) electrons. The van der Waals surface area contributed by atoms with E-state index in [0.29, 0.717) is 0 Å². The zero-order chi connectivity index (χ0) is 11.8. The summed E-state index contributed by atoms with van der Waals surface area (Å²) in [7, 11) is -0.759. The first-order valence-corrected chi connectivity index (χ1v) is 8.33. The number of rotatable bonds is 4. The Kier molecular flexibility index (Phi) is 3.59. The van der Waals surface area contributed by atoms with Crippen LogP contribution < -0.4 is 0 Å². The molecule has 0 amide bonds. The molecule has 4 heteroatoms. The summed E-state index contributed by atoms with van der Waals surface area (Å²) in [4.78, 5) is 2.31. The smallest absolute Gasteiger partial charge is 0.151 e. The van der Waals surface area contributed by atoms with E-state index in [1.165, 1.54) is 25.5 Å². The van der Waals surface area contributed by atoms with Crippen LogP contribution in [0.4, 0.5) is 0 Å². The van der Waals surface area contributed by atoms with Crippen LogP contribution in [0.3, 0.4) is 0 Å². The summed E-state index contributed by atoms with van der Waals surface area (Å²) in [5.41, 5.74) is 0. The molecule has 2 atom stereocenters. The van der Waals surface area contributed by atoms with Gasteiger partial charge in [0, 0.05) is 18.8 Å². The molecule has 0 N–H and O–H groups in total. The summed E-state index contributed by atoms with van der Waals surface area (Å²) in [5, 5.41) is -0.113. The van der Waals surface area contributed by atoms with Crippen molar-refractivity contribution in [1.29, 1.82) is 0 Å². The largest absolute Gasteiger partial charge is 0.302 e. The van der Waals surface area contributed by atoms with E-state index in [0.717, 1.165) is 31.7 Å². The number of nitrogens with zero attached hydrogens (tertiary/aromatic N) is 1. The molecule has 0 aromatic heterocycles. The number of hydrogen-bond acceptors (Lipinski definition) is 3. The lowest BCUT2D eigenvalue weighted by Gasteiger charge is -2.35. The van der Waals surface area contributed by atoms with Crippen molar-refractivity contribution in [2.24, 2.45) is 5.92 Å². The normalized spacial score (nSPS) is 31.9. The van der Waals surface area contributed by atoms with Gasteiger partial charge < -0.3 is 4.90 Å². The van der Waals surface area contributed by atoms with Crippen LogP contribution in [0.25, 0.3) is 0 Å². The predicted molar refractivity (Wildman–Crippen MR) is 66.2 cm³/mol. The molecular weight excluding hydrogens is 222 g/mol. The Morgan fingerprint density at radius 1 is 1.12 bits per heavy atom. The van der Waals surface area contributed by atoms with Crippen LogP contribution >= 0.6 is 0 Å². The second kappa shape index (κ2) is 4.65. The fraction of sp³-hybridized carbons (Fsp3) is 1.00. The molecule has 3 nitrogen and oxygen atoms in total. The van der Waals surface area contributed by atoms with E-state index in [4.69, 9.17) is 0 Å². The summed E-state index contributed by atoms with van der Waals surface area (Å²) < 4.78 is 23.4. The summed E-state index contributed by atoms with van der Waals surface area (Å²) in [6.45, 7) is 1.09. The van der Waals surface area contributed by atoms with Gasteiger partial charge in [0.2, 0.25) is 0 Å². The second-order valence-electron chi connectivity index (χ2n) is 5.60. The van der Waals surface area contributed by atoms with E-state index < -0.39 is 9.84 Å². The monoisotopic (exact) mass is 245 g/mol. The Labute approximate surface area is 99.1 Å². The molecule has 0 aliphatic heterocycles. The van der Waals surface area contributed by atoms with Crippen LogP contribution in [-0.2, 0) is 9.84 Å². The van der Waals surface area contributed by atoms with Crippen LogP contribution in [-0.4, -0.2) is 44.5 Å². The lowest BCUT2D eigenvalue weighted by molar-refractivity contribution is 0.164. The minimum atomic E-state index is -2.86. The summed E-state index contributed by atoms with van der Waals surface area (Å²) >= 11 is 0.